The molecule has 4 heterocycles. The molecule has 0 radical (unpaired) electrons. The van der Waals surface area contributed by atoms with Crippen molar-refractivity contribution in [2.75, 3.05) is 0 Å². The van der Waals surface area contributed by atoms with Crippen LogP contribution in [0.15, 0.2) is 239 Å². The molecule has 69 heavy (non-hydrogen) atoms. The number of fused-ring (bicyclic) bond motifs is 9. The van der Waals surface area contributed by atoms with Gasteiger partial charge in [0, 0.05) is 49.2 Å². The van der Waals surface area contributed by atoms with Gasteiger partial charge in [0.05, 0.1) is 22.1 Å². The van der Waals surface area contributed by atoms with Crippen molar-refractivity contribution in [2.24, 2.45) is 0 Å². The highest BCUT2D eigenvalue weighted by Crippen LogP contribution is 2.44. The zero-order chi connectivity index (χ0) is 45.4. The molecule has 6 nitrogen and oxygen atoms in total. The van der Waals surface area contributed by atoms with Gasteiger partial charge in [-0.2, -0.15) is 0 Å². The third kappa shape index (κ3) is 6.45. The zero-order valence-corrected chi connectivity index (χ0v) is 37.0. The molecular formula is C63H38N4O2. The number of nitrogens with zero attached hydrogens (tertiary/aromatic N) is 4. The first-order valence-electron chi connectivity index (χ1n) is 23.2. The molecule has 0 N–H and O–H groups in total. The number of aromatic nitrogens is 4. The van der Waals surface area contributed by atoms with Crippen molar-refractivity contribution in [3.05, 3.63) is 231 Å². The maximum atomic E-state index is 6.88. The molecule has 6 heteroatoms. The van der Waals surface area contributed by atoms with Crippen molar-refractivity contribution in [1.82, 2.24) is 19.5 Å². The fraction of sp³-hybridized carbons (Fsp3) is 0. The van der Waals surface area contributed by atoms with Crippen molar-refractivity contribution >= 4 is 65.7 Å². The minimum absolute atomic E-state index is 0.571. The summed E-state index contributed by atoms with van der Waals surface area (Å²) in [5, 5.41) is 6.56. The van der Waals surface area contributed by atoms with E-state index in [1.165, 1.54) is 21.9 Å². The summed E-state index contributed by atoms with van der Waals surface area (Å²) in [6.45, 7) is 0. The lowest BCUT2D eigenvalue weighted by Gasteiger charge is -2.12. The molecule has 0 bridgehead atoms. The molecule has 0 saturated heterocycles. The number of hydrogen-bond acceptors (Lipinski definition) is 5. The lowest BCUT2D eigenvalue weighted by atomic mass is 9.99. The molecule has 0 aliphatic rings. The Balaban J connectivity index is 0.883. The Morgan fingerprint density at radius 3 is 1.57 bits per heavy atom. The van der Waals surface area contributed by atoms with Gasteiger partial charge in [0.1, 0.15) is 22.3 Å². The van der Waals surface area contributed by atoms with Gasteiger partial charge in [0.2, 0.25) is 0 Å². The van der Waals surface area contributed by atoms with Crippen LogP contribution in [0.1, 0.15) is 0 Å². The van der Waals surface area contributed by atoms with Crippen LogP contribution < -0.4 is 0 Å². The minimum atomic E-state index is 0.571. The number of hydrogen-bond donors (Lipinski definition) is 0. The number of rotatable bonds is 7. The Bertz CT molecular complexity index is 4290. The SMILES string of the molecule is c1ccc(-c2ccc(-c3nc(-c4ccccc4)nc(-c4ccc5c(c4)oc4ccc(-c6ccc(-n7c8ccccc8c8cc(-c9ccccc9)ccc87)c7c6oc6ccccc67)cc45)n3)cc2)cc1. The lowest BCUT2D eigenvalue weighted by molar-refractivity contribution is 0.668. The van der Waals surface area contributed by atoms with Gasteiger partial charge in [-0.3, -0.25) is 0 Å². The summed E-state index contributed by atoms with van der Waals surface area (Å²) < 4.78 is 15.9. The van der Waals surface area contributed by atoms with Crippen molar-refractivity contribution < 1.29 is 8.83 Å². The minimum Gasteiger partial charge on any atom is -0.456 e. The summed E-state index contributed by atoms with van der Waals surface area (Å²) in [5.41, 5.74) is 16.0. The van der Waals surface area contributed by atoms with Gasteiger partial charge in [-0.25, -0.2) is 15.0 Å². The van der Waals surface area contributed by atoms with E-state index in [4.69, 9.17) is 23.8 Å². The van der Waals surface area contributed by atoms with Crippen LogP contribution in [0.2, 0.25) is 0 Å². The van der Waals surface area contributed by atoms with E-state index in [1.54, 1.807) is 0 Å². The van der Waals surface area contributed by atoms with Crippen LogP contribution in [0.25, 0.3) is 139 Å². The fourth-order valence-electron chi connectivity index (χ4n) is 10.1. The first-order valence-corrected chi connectivity index (χ1v) is 23.2. The first kappa shape index (κ1) is 38.8. The highest BCUT2D eigenvalue weighted by molar-refractivity contribution is 6.18. The maximum absolute atomic E-state index is 6.88. The predicted molar refractivity (Wildman–Crippen MR) is 281 cm³/mol. The molecule has 10 aromatic carbocycles. The number of furan rings is 2. The van der Waals surface area contributed by atoms with E-state index in [1.807, 2.05) is 48.5 Å². The summed E-state index contributed by atoms with van der Waals surface area (Å²) >= 11 is 0. The smallest absolute Gasteiger partial charge is 0.164 e. The summed E-state index contributed by atoms with van der Waals surface area (Å²) in [6.07, 6.45) is 0. The van der Waals surface area contributed by atoms with Crippen molar-refractivity contribution in [1.29, 1.82) is 0 Å². The van der Waals surface area contributed by atoms with Crippen LogP contribution in [0.3, 0.4) is 0 Å². The third-order valence-corrected chi connectivity index (χ3v) is 13.5. The van der Waals surface area contributed by atoms with E-state index in [9.17, 15) is 0 Å². The van der Waals surface area contributed by atoms with Gasteiger partial charge in [0.25, 0.3) is 0 Å². The van der Waals surface area contributed by atoms with Gasteiger partial charge in [-0.1, -0.05) is 170 Å². The Morgan fingerprint density at radius 2 is 0.812 bits per heavy atom. The second-order valence-corrected chi connectivity index (χ2v) is 17.5. The lowest BCUT2D eigenvalue weighted by Crippen LogP contribution is -2.00. The Labute approximate surface area is 396 Å². The molecule has 14 rings (SSSR count). The summed E-state index contributed by atoms with van der Waals surface area (Å²) in [5.74, 6) is 1.78. The fourth-order valence-corrected chi connectivity index (χ4v) is 10.1. The standard InChI is InChI=1S/C63H38N4O2/c1-4-14-39(15-5-1)41-24-26-43(27-25-41)62-64-61(42-18-8-3-9-19-42)65-63(66-62)46-28-31-49-52-37-45(30-35-57(52)68-58(49)38-46)47-32-34-55(59-50-21-11-13-23-56(50)69-60(47)59)67-53-22-12-10-20-48(53)51-36-44(29-33-54(51)67)40-16-6-2-7-17-40/h1-38H. The quantitative estimate of drug-likeness (QED) is 0.159. The molecule has 0 aliphatic heterocycles. The summed E-state index contributed by atoms with van der Waals surface area (Å²) in [6, 6.07) is 80.4. The largest absolute Gasteiger partial charge is 0.456 e. The van der Waals surface area contributed by atoms with Crippen molar-refractivity contribution in [3.8, 4) is 73.2 Å². The average Bonchev–Trinajstić information content (AvgIpc) is 4.11. The number of benzene rings is 10. The molecule has 0 unspecified atom stereocenters. The predicted octanol–water partition coefficient (Wildman–Crippen LogP) is 16.8. The second-order valence-electron chi connectivity index (χ2n) is 17.5. The Morgan fingerprint density at radius 1 is 0.290 bits per heavy atom. The van der Waals surface area contributed by atoms with Crippen LogP contribution in [0, 0.1) is 0 Å². The van der Waals surface area contributed by atoms with Crippen LogP contribution in [-0.2, 0) is 0 Å². The van der Waals surface area contributed by atoms with Crippen LogP contribution in [0.4, 0.5) is 0 Å². The summed E-state index contributed by atoms with van der Waals surface area (Å²) in [4.78, 5) is 15.1. The van der Waals surface area contributed by atoms with Gasteiger partial charge < -0.3 is 13.4 Å². The first-order chi connectivity index (χ1) is 34.2. The highest BCUT2D eigenvalue weighted by atomic mass is 16.3. The molecule has 14 aromatic rings. The average molecular weight is 883 g/mol. The molecule has 322 valence electrons. The van der Waals surface area contributed by atoms with E-state index in [0.29, 0.717) is 17.5 Å². The molecule has 0 atom stereocenters. The highest BCUT2D eigenvalue weighted by Gasteiger charge is 2.22. The monoisotopic (exact) mass is 882 g/mol. The molecule has 0 spiro atoms. The molecule has 0 fully saturated rings. The van der Waals surface area contributed by atoms with E-state index in [2.05, 4.69) is 187 Å². The van der Waals surface area contributed by atoms with E-state index < -0.39 is 0 Å². The van der Waals surface area contributed by atoms with Gasteiger partial charge >= 0.3 is 0 Å². The van der Waals surface area contributed by atoms with Gasteiger partial charge in [-0.15, -0.1) is 0 Å². The molecule has 0 amide bonds. The normalized spacial score (nSPS) is 11.8. The van der Waals surface area contributed by atoms with Crippen molar-refractivity contribution in [2.45, 2.75) is 0 Å². The van der Waals surface area contributed by atoms with Gasteiger partial charge in [0.15, 0.2) is 17.5 Å². The molecular weight excluding hydrogens is 845 g/mol. The zero-order valence-electron chi connectivity index (χ0n) is 37.0. The second kappa shape index (κ2) is 15.6. The number of para-hydroxylation sites is 2. The molecule has 4 aromatic heterocycles. The van der Waals surface area contributed by atoms with Crippen LogP contribution in [0.5, 0.6) is 0 Å². The van der Waals surface area contributed by atoms with Crippen LogP contribution >= 0.6 is 0 Å². The maximum Gasteiger partial charge on any atom is 0.164 e. The molecule has 0 aliphatic carbocycles. The van der Waals surface area contributed by atoms with Gasteiger partial charge in [-0.05, 0) is 88.5 Å². The van der Waals surface area contributed by atoms with E-state index in [-0.39, 0.29) is 0 Å². The molecule has 0 saturated carbocycles. The Hall–Kier alpha value is -9.39. The van der Waals surface area contributed by atoms with E-state index >= 15 is 0 Å². The van der Waals surface area contributed by atoms with Crippen LogP contribution in [-0.4, -0.2) is 19.5 Å². The van der Waals surface area contributed by atoms with Crippen molar-refractivity contribution in [3.63, 3.8) is 0 Å². The summed E-state index contributed by atoms with van der Waals surface area (Å²) in [7, 11) is 0. The Kier molecular flexibility index (Phi) is 8.79. The topological polar surface area (TPSA) is 69.9 Å². The van der Waals surface area contributed by atoms with E-state index in [0.717, 1.165) is 99.5 Å². The third-order valence-electron chi connectivity index (χ3n) is 13.5.